The van der Waals surface area contributed by atoms with Gasteiger partial charge in [-0.15, -0.1) is 0 Å². The quantitative estimate of drug-likeness (QED) is 0.359. The Morgan fingerprint density at radius 3 is 2.65 bits per heavy atom. The molecule has 0 radical (unpaired) electrons. The Labute approximate surface area is 153 Å². The second-order valence-corrected chi connectivity index (χ2v) is 6.57. The van der Waals surface area contributed by atoms with Gasteiger partial charge in [-0.25, -0.2) is 10.4 Å². The van der Waals surface area contributed by atoms with Gasteiger partial charge < -0.3 is 15.4 Å². The van der Waals surface area contributed by atoms with E-state index in [1.807, 2.05) is 0 Å². The van der Waals surface area contributed by atoms with E-state index < -0.39 is 0 Å². The zero-order valence-corrected chi connectivity index (χ0v) is 14.9. The minimum absolute atomic E-state index is 0.1000. The van der Waals surface area contributed by atoms with Gasteiger partial charge in [-0.1, -0.05) is 12.1 Å². The lowest BCUT2D eigenvalue weighted by Gasteiger charge is -2.40. The maximum absolute atomic E-state index is 12.1. The lowest BCUT2D eigenvalue weighted by molar-refractivity contribution is -0.134. The van der Waals surface area contributed by atoms with Gasteiger partial charge in [0.25, 0.3) is 0 Å². The summed E-state index contributed by atoms with van der Waals surface area (Å²) in [6, 6.07) is 7.55. The van der Waals surface area contributed by atoms with Crippen molar-refractivity contribution in [3.8, 4) is 5.75 Å². The Hall–Kier alpha value is -2.00. The van der Waals surface area contributed by atoms with Gasteiger partial charge >= 0.3 is 5.97 Å². The monoisotopic (exact) mass is 361 g/mol. The first kappa shape index (κ1) is 18.8. The van der Waals surface area contributed by atoms with Crippen molar-refractivity contribution in [2.75, 3.05) is 51.1 Å². The number of piperidine rings is 1. The summed E-state index contributed by atoms with van der Waals surface area (Å²) in [7, 11) is 0. The number of hydrazine groups is 1. The molecule has 2 fully saturated rings. The molecule has 8 nitrogen and oxygen atoms in total. The first-order valence-corrected chi connectivity index (χ1v) is 9.19. The molecule has 26 heavy (non-hydrogen) atoms. The van der Waals surface area contributed by atoms with Crippen molar-refractivity contribution in [3.63, 3.8) is 0 Å². The lowest BCUT2D eigenvalue weighted by atomic mass is 10.0. The SMILES string of the molecule is O=CNc1ccccc1OC(=O)CNN1CCN(C2CCNCC2)CC1. The van der Waals surface area contributed by atoms with Gasteiger partial charge in [0.15, 0.2) is 5.75 Å². The van der Waals surface area contributed by atoms with Crippen molar-refractivity contribution in [1.29, 1.82) is 0 Å². The van der Waals surface area contributed by atoms with Crippen LogP contribution < -0.4 is 20.8 Å². The fraction of sp³-hybridized carbons (Fsp3) is 0.556. The molecule has 142 valence electrons. The van der Waals surface area contributed by atoms with Crippen LogP contribution in [0.2, 0.25) is 0 Å². The van der Waals surface area contributed by atoms with E-state index in [1.165, 1.54) is 12.8 Å². The molecular formula is C18H27N5O3. The van der Waals surface area contributed by atoms with E-state index in [0.29, 0.717) is 23.9 Å². The van der Waals surface area contributed by atoms with Crippen molar-refractivity contribution < 1.29 is 14.3 Å². The predicted octanol–water partition coefficient (Wildman–Crippen LogP) is 0.0345. The number of ether oxygens (including phenoxy) is 1. The standard InChI is InChI=1S/C18H27N5O3/c24-14-20-16-3-1-2-4-17(16)26-18(25)13-21-23-11-9-22(10-12-23)15-5-7-19-8-6-15/h1-4,14-15,19,21H,5-13H2,(H,20,24). The average Bonchev–Trinajstić information content (AvgIpc) is 2.69. The molecule has 0 unspecified atom stereocenters. The number of nitrogens with one attached hydrogen (secondary N) is 3. The number of piperazine rings is 1. The van der Waals surface area contributed by atoms with E-state index in [-0.39, 0.29) is 12.5 Å². The Balaban J connectivity index is 1.39. The molecule has 0 saturated carbocycles. The molecule has 0 atom stereocenters. The highest BCUT2D eigenvalue weighted by molar-refractivity contribution is 5.80. The molecular weight excluding hydrogens is 334 g/mol. The Morgan fingerprint density at radius 1 is 1.19 bits per heavy atom. The number of carbonyl (C=O) groups is 2. The smallest absolute Gasteiger partial charge is 0.326 e. The van der Waals surface area contributed by atoms with Crippen LogP contribution in [0.4, 0.5) is 5.69 Å². The van der Waals surface area contributed by atoms with Crippen LogP contribution in [-0.4, -0.2) is 74.1 Å². The van der Waals surface area contributed by atoms with Gasteiger partial charge in [0.1, 0.15) is 6.54 Å². The van der Waals surface area contributed by atoms with Gasteiger partial charge in [0.05, 0.1) is 5.69 Å². The summed E-state index contributed by atoms with van der Waals surface area (Å²) >= 11 is 0. The Bertz CT molecular complexity index is 598. The van der Waals surface area contributed by atoms with Crippen LogP contribution in [0.1, 0.15) is 12.8 Å². The van der Waals surface area contributed by atoms with E-state index in [2.05, 4.69) is 26.0 Å². The summed E-state index contributed by atoms with van der Waals surface area (Å²) in [6.45, 7) is 6.12. The molecule has 3 N–H and O–H groups in total. The van der Waals surface area contributed by atoms with Crippen LogP contribution in [0.25, 0.3) is 0 Å². The number of carbonyl (C=O) groups excluding carboxylic acids is 2. The molecule has 1 aromatic carbocycles. The van der Waals surface area contributed by atoms with Gasteiger partial charge in [0, 0.05) is 32.2 Å². The molecule has 3 rings (SSSR count). The van der Waals surface area contributed by atoms with Gasteiger partial charge in [-0.3, -0.25) is 14.5 Å². The lowest BCUT2D eigenvalue weighted by Crippen LogP contribution is -2.56. The topological polar surface area (TPSA) is 85.9 Å². The van der Waals surface area contributed by atoms with E-state index in [0.717, 1.165) is 39.3 Å². The van der Waals surface area contributed by atoms with Crippen molar-refractivity contribution in [2.24, 2.45) is 0 Å². The number of para-hydroxylation sites is 2. The summed E-state index contributed by atoms with van der Waals surface area (Å²) in [5.41, 5.74) is 3.62. The minimum Gasteiger partial charge on any atom is -0.423 e. The fourth-order valence-corrected chi connectivity index (χ4v) is 3.49. The van der Waals surface area contributed by atoms with Crippen LogP contribution in [0, 0.1) is 0 Å². The zero-order chi connectivity index (χ0) is 18.2. The molecule has 2 heterocycles. The van der Waals surface area contributed by atoms with Gasteiger partial charge in [-0.05, 0) is 38.1 Å². The third kappa shape index (κ3) is 5.25. The maximum atomic E-state index is 12.1. The van der Waals surface area contributed by atoms with Gasteiger partial charge in [0.2, 0.25) is 6.41 Å². The number of anilines is 1. The maximum Gasteiger partial charge on any atom is 0.326 e. The normalized spacial score (nSPS) is 19.8. The fourth-order valence-electron chi connectivity index (χ4n) is 3.49. The van der Waals surface area contributed by atoms with Gasteiger partial charge in [-0.2, -0.15) is 0 Å². The molecule has 1 amide bonds. The predicted molar refractivity (Wildman–Crippen MR) is 98.8 cm³/mol. The van der Waals surface area contributed by atoms with E-state index in [9.17, 15) is 9.59 Å². The minimum atomic E-state index is -0.383. The summed E-state index contributed by atoms with van der Waals surface area (Å²) < 4.78 is 5.34. The highest BCUT2D eigenvalue weighted by atomic mass is 16.5. The number of esters is 1. The summed E-state index contributed by atoms with van der Waals surface area (Å²) in [4.78, 5) is 25.2. The van der Waals surface area contributed by atoms with Crippen LogP contribution >= 0.6 is 0 Å². The number of amides is 1. The molecule has 2 aliphatic rings. The van der Waals surface area contributed by atoms with Crippen LogP contribution in [-0.2, 0) is 9.59 Å². The zero-order valence-electron chi connectivity index (χ0n) is 14.9. The second-order valence-electron chi connectivity index (χ2n) is 6.57. The molecule has 0 spiro atoms. The average molecular weight is 361 g/mol. The molecule has 1 aromatic rings. The highest BCUT2D eigenvalue weighted by Crippen LogP contribution is 2.23. The molecule has 2 saturated heterocycles. The molecule has 2 aliphatic heterocycles. The van der Waals surface area contributed by atoms with E-state index in [4.69, 9.17) is 4.74 Å². The number of hydrogen-bond acceptors (Lipinski definition) is 7. The van der Waals surface area contributed by atoms with Crippen molar-refractivity contribution in [1.82, 2.24) is 20.7 Å². The number of rotatable bonds is 7. The van der Waals surface area contributed by atoms with E-state index in [1.54, 1.807) is 24.3 Å². The third-order valence-electron chi connectivity index (χ3n) is 4.91. The number of hydrogen-bond donors (Lipinski definition) is 3. The summed E-state index contributed by atoms with van der Waals surface area (Å²) in [5.74, 6) is -0.0342. The Morgan fingerprint density at radius 2 is 1.92 bits per heavy atom. The summed E-state index contributed by atoms with van der Waals surface area (Å²) in [6.07, 6.45) is 2.99. The number of nitrogens with zero attached hydrogens (tertiary/aromatic N) is 2. The number of benzene rings is 1. The van der Waals surface area contributed by atoms with E-state index >= 15 is 0 Å². The van der Waals surface area contributed by atoms with Crippen molar-refractivity contribution >= 4 is 18.1 Å². The molecule has 0 aliphatic carbocycles. The largest absolute Gasteiger partial charge is 0.423 e. The Kier molecular flexibility index (Phi) is 6.96. The van der Waals surface area contributed by atoms with Crippen LogP contribution in [0.15, 0.2) is 24.3 Å². The highest BCUT2D eigenvalue weighted by Gasteiger charge is 2.25. The molecule has 8 heteroatoms. The first-order valence-electron chi connectivity index (χ1n) is 9.19. The van der Waals surface area contributed by atoms with Crippen molar-refractivity contribution in [3.05, 3.63) is 24.3 Å². The third-order valence-corrected chi connectivity index (χ3v) is 4.91. The second kappa shape index (κ2) is 9.63. The first-order chi connectivity index (χ1) is 12.8. The van der Waals surface area contributed by atoms with Crippen LogP contribution in [0.3, 0.4) is 0 Å². The molecule has 0 bridgehead atoms. The molecule has 0 aromatic heterocycles. The summed E-state index contributed by atoms with van der Waals surface area (Å²) in [5, 5.41) is 8.00. The van der Waals surface area contributed by atoms with Crippen LogP contribution in [0.5, 0.6) is 5.75 Å². The van der Waals surface area contributed by atoms with Crippen molar-refractivity contribution in [2.45, 2.75) is 18.9 Å².